The first-order valence-corrected chi connectivity index (χ1v) is 11.5. The number of phenols is 1. The molecule has 3 aromatic rings. The Labute approximate surface area is 216 Å². The highest BCUT2D eigenvalue weighted by atomic mass is 127. The van der Waals surface area contributed by atoms with Crippen molar-refractivity contribution in [3.05, 3.63) is 94.6 Å². The summed E-state index contributed by atoms with van der Waals surface area (Å²) in [6.07, 6.45) is 1.49. The Morgan fingerprint density at radius 3 is 2.27 bits per heavy atom. The van der Waals surface area contributed by atoms with Gasteiger partial charge in [-0.2, -0.15) is 5.26 Å². The summed E-state index contributed by atoms with van der Waals surface area (Å²) in [7, 11) is 0. The number of ether oxygens (including phenoxy) is 1. The summed E-state index contributed by atoms with van der Waals surface area (Å²) in [5.74, 6) is 0.148. The van der Waals surface area contributed by atoms with E-state index in [1.54, 1.807) is 24.3 Å². The number of halogens is 2. The lowest BCUT2D eigenvalue weighted by Gasteiger charge is -2.12. The lowest BCUT2D eigenvalue weighted by Crippen LogP contribution is -2.13. The molecule has 166 valence electrons. The van der Waals surface area contributed by atoms with Gasteiger partial charge in [-0.25, -0.2) is 0 Å². The standard InChI is InChI=1S/C23H15I2N3O5/c24-20-10-15(9-16(12-26)23(30)27-17-3-7-19(29)8-4-17)11-21(25)22(20)33-13-14-1-5-18(6-2-14)28(31)32/h1-11,29H,13H2,(H,27,30)/b16-9+. The van der Waals surface area contributed by atoms with Gasteiger partial charge in [0.25, 0.3) is 11.6 Å². The van der Waals surface area contributed by atoms with Crippen LogP contribution in [0.3, 0.4) is 0 Å². The van der Waals surface area contributed by atoms with Crippen LogP contribution in [0.25, 0.3) is 6.08 Å². The van der Waals surface area contributed by atoms with Crippen LogP contribution in [0.4, 0.5) is 11.4 Å². The van der Waals surface area contributed by atoms with E-state index in [0.717, 1.165) is 12.7 Å². The fraction of sp³-hybridized carbons (Fsp3) is 0.0435. The summed E-state index contributed by atoms with van der Waals surface area (Å²) >= 11 is 4.22. The minimum Gasteiger partial charge on any atom is -0.508 e. The van der Waals surface area contributed by atoms with Crippen molar-refractivity contribution in [1.29, 1.82) is 5.26 Å². The van der Waals surface area contributed by atoms with Gasteiger partial charge in [0.2, 0.25) is 0 Å². The number of aromatic hydroxyl groups is 1. The first-order valence-electron chi connectivity index (χ1n) is 9.34. The van der Waals surface area contributed by atoms with Gasteiger partial charge >= 0.3 is 0 Å². The fourth-order valence-electron chi connectivity index (χ4n) is 2.73. The van der Waals surface area contributed by atoms with Crippen molar-refractivity contribution in [2.24, 2.45) is 0 Å². The van der Waals surface area contributed by atoms with Crippen LogP contribution in [0, 0.1) is 28.6 Å². The van der Waals surface area contributed by atoms with E-state index in [4.69, 9.17) is 4.74 Å². The molecule has 0 atom stereocenters. The topological polar surface area (TPSA) is 125 Å². The van der Waals surface area contributed by atoms with E-state index < -0.39 is 10.8 Å². The van der Waals surface area contributed by atoms with Gasteiger partial charge < -0.3 is 15.2 Å². The third kappa shape index (κ3) is 6.65. The average Bonchev–Trinajstić information content (AvgIpc) is 2.78. The smallest absolute Gasteiger partial charge is 0.269 e. The number of phenolic OH excluding ortho intramolecular Hbond substituents is 1. The molecule has 3 rings (SSSR count). The summed E-state index contributed by atoms with van der Waals surface area (Å²) in [6.45, 7) is 0.234. The minimum absolute atomic E-state index is 0.0156. The van der Waals surface area contributed by atoms with Crippen LogP contribution in [-0.4, -0.2) is 15.9 Å². The number of hydrogen-bond acceptors (Lipinski definition) is 6. The molecule has 10 heteroatoms. The molecule has 0 aliphatic carbocycles. The Balaban J connectivity index is 1.74. The molecule has 2 N–H and O–H groups in total. The van der Waals surface area contributed by atoms with Crippen LogP contribution in [0.2, 0.25) is 0 Å². The number of nitro groups is 1. The van der Waals surface area contributed by atoms with Crippen molar-refractivity contribution in [2.75, 3.05) is 5.32 Å². The Morgan fingerprint density at radius 2 is 1.73 bits per heavy atom. The summed E-state index contributed by atoms with van der Waals surface area (Å²) in [5, 5.41) is 32.2. The summed E-state index contributed by atoms with van der Waals surface area (Å²) < 4.78 is 7.47. The Bertz CT molecular complexity index is 1240. The van der Waals surface area contributed by atoms with Gasteiger partial charge in [0.05, 0.1) is 12.1 Å². The number of carbonyl (C=O) groups is 1. The highest BCUT2D eigenvalue weighted by molar-refractivity contribution is 14.1. The maximum absolute atomic E-state index is 12.5. The Kier molecular flexibility index (Phi) is 8.23. The predicted molar refractivity (Wildman–Crippen MR) is 140 cm³/mol. The number of amides is 1. The molecule has 0 radical (unpaired) electrons. The molecule has 8 nitrogen and oxygen atoms in total. The molecule has 1 amide bonds. The lowest BCUT2D eigenvalue weighted by molar-refractivity contribution is -0.384. The van der Waals surface area contributed by atoms with Crippen LogP contribution < -0.4 is 10.1 Å². The van der Waals surface area contributed by atoms with Crippen LogP contribution >= 0.6 is 45.2 Å². The molecule has 0 spiro atoms. The number of nitriles is 1. The van der Waals surface area contributed by atoms with Gasteiger partial charge in [-0.15, -0.1) is 0 Å². The normalized spacial score (nSPS) is 10.9. The fourth-order valence-corrected chi connectivity index (χ4v) is 4.86. The quantitative estimate of drug-likeness (QED) is 0.0841. The van der Waals surface area contributed by atoms with Crippen molar-refractivity contribution < 1.29 is 19.6 Å². The molecule has 0 aliphatic rings. The maximum Gasteiger partial charge on any atom is 0.269 e. The predicted octanol–water partition coefficient (Wildman–Crippen LogP) is 5.63. The third-order valence-corrected chi connectivity index (χ3v) is 5.95. The maximum atomic E-state index is 12.5. The molecular weight excluding hydrogens is 652 g/mol. The van der Waals surface area contributed by atoms with E-state index in [-0.39, 0.29) is 23.6 Å². The number of rotatable bonds is 7. The summed E-state index contributed by atoms with van der Waals surface area (Å²) in [6, 6.07) is 17.6. The van der Waals surface area contributed by atoms with Gasteiger partial charge in [-0.05, 0) is 111 Å². The van der Waals surface area contributed by atoms with E-state index >= 15 is 0 Å². The third-order valence-electron chi connectivity index (χ3n) is 4.35. The molecule has 0 fully saturated rings. The van der Waals surface area contributed by atoms with E-state index in [2.05, 4.69) is 50.5 Å². The van der Waals surface area contributed by atoms with Crippen molar-refractivity contribution in [2.45, 2.75) is 6.61 Å². The second kappa shape index (κ2) is 11.1. The summed E-state index contributed by atoms with van der Waals surface area (Å²) in [4.78, 5) is 22.8. The van der Waals surface area contributed by atoms with E-state index in [1.807, 2.05) is 6.07 Å². The monoisotopic (exact) mass is 667 g/mol. The van der Waals surface area contributed by atoms with Crippen LogP contribution in [0.1, 0.15) is 11.1 Å². The molecule has 0 unspecified atom stereocenters. The van der Waals surface area contributed by atoms with Crippen LogP contribution in [-0.2, 0) is 11.4 Å². The number of benzene rings is 3. The van der Waals surface area contributed by atoms with Gasteiger partial charge in [0.15, 0.2) is 0 Å². The second-order valence-corrected chi connectivity index (χ2v) is 9.02. The van der Waals surface area contributed by atoms with Crippen molar-refractivity contribution >= 4 is 68.5 Å². The number of anilines is 1. The van der Waals surface area contributed by atoms with Crippen molar-refractivity contribution in [1.82, 2.24) is 0 Å². The first-order chi connectivity index (χ1) is 15.8. The van der Waals surface area contributed by atoms with E-state index in [1.165, 1.54) is 42.5 Å². The van der Waals surface area contributed by atoms with Crippen LogP contribution in [0.15, 0.2) is 66.2 Å². The van der Waals surface area contributed by atoms with Crippen molar-refractivity contribution in [3.8, 4) is 17.6 Å². The molecule has 33 heavy (non-hydrogen) atoms. The van der Waals surface area contributed by atoms with E-state index in [9.17, 15) is 25.3 Å². The van der Waals surface area contributed by atoms with Crippen molar-refractivity contribution in [3.63, 3.8) is 0 Å². The molecule has 0 aromatic heterocycles. The van der Waals surface area contributed by atoms with Gasteiger partial charge in [0, 0.05) is 17.8 Å². The lowest BCUT2D eigenvalue weighted by atomic mass is 10.1. The molecule has 0 saturated heterocycles. The van der Waals surface area contributed by atoms with Crippen LogP contribution in [0.5, 0.6) is 11.5 Å². The number of hydrogen-bond donors (Lipinski definition) is 2. The molecule has 0 aliphatic heterocycles. The number of nitro benzene ring substituents is 1. The van der Waals surface area contributed by atoms with Gasteiger partial charge in [0.1, 0.15) is 29.7 Å². The molecular formula is C23H15I2N3O5. The Morgan fingerprint density at radius 1 is 1.12 bits per heavy atom. The molecule has 0 heterocycles. The molecule has 0 bridgehead atoms. The number of nitrogens with zero attached hydrogens (tertiary/aromatic N) is 2. The number of nitrogens with one attached hydrogen (secondary N) is 1. The van der Waals surface area contributed by atoms with Gasteiger partial charge in [-0.1, -0.05) is 0 Å². The highest BCUT2D eigenvalue weighted by Gasteiger charge is 2.13. The highest BCUT2D eigenvalue weighted by Crippen LogP contribution is 2.31. The van der Waals surface area contributed by atoms with E-state index in [0.29, 0.717) is 17.0 Å². The van der Waals surface area contributed by atoms with Gasteiger partial charge in [-0.3, -0.25) is 14.9 Å². The summed E-state index contributed by atoms with van der Waals surface area (Å²) in [5.41, 5.74) is 1.84. The number of non-ortho nitro benzene ring substituents is 1. The second-order valence-electron chi connectivity index (χ2n) is 6.70. The largest absolute Gasteiger partial charge is 0.508 e. The first kappa shape index (κ1) is 24.5. The number of carbonyl (C=O) groups excluding carboxylic acids is 1. The molecule has 3 aromatic carbocycles. The zero-order valence-corrected chi connectivity index (χ0v) is 21.1. The molecule has 0 saturated carbocycles. The zero-order chi connectivity index (χ0) is 24.0. The average molecular weight is 667 g/mol. The zero-order valence-electron chi connectivity index (χ0n) is 16.8. The SMILES string of the molecule is N#C/C(=C\c1cc(I)c(OCc2ccc([N+](=O)[O-])cc2)c(I)c1)C(=O)Nc1ccc(O)cc1. The minimum atomic E-state index is -0.563. The Hall–Kier alpha value is -3.18.